The predicted molar refractivity (Wildman–Crippen MR) is 77.6 cm³/mol. The number of nitrogens with one attached hydrogen (secondary N) is 1. The standard InChI is InChI=1S/C15H17NO2S/c1-11-4-3-5-13(8-11)18-10-15(17)16-9-14-12(2)6-7-19-14/h3-8H,9-10H2,1-2H3,(H,16,17). The van der Waals surface area contributed by atoms with Crippen LogP contribution >= 0.6 is 11.3 Å². The highest BCUT2D eigenvalue weighted by atomic mass is 32.1. The van der Waals surface area contributed by atoms with Gasteiger partial charge in [-0.2, -0.15) is 0 Å². The van der Waals surface area contributed by atoms with E-state index in [1.54, 1.807) is 11.3 Å². The summed E-state index contributed by atoms with van der Waals surface area (Å²) in [6, 6.07) is 9.72. The molecule has 0 bridgehead atoms. The van der Waals surface area contributed by atoms with Gasteiger partial charge >= 0.3 is 0 Å². The number of hydrogen-bond acceptors (Lipinski definition) is 3. The van der Waals surface area contributed by atoms with Gasteiger partial charge in [-0.1, -0.05) is 12.1 Å². The second-order valence-electron chi connectivity index (χ2n) is 4.41. The lowest BCUT2D eigenvalue weighted by Gasteiger charge is -2.07. The van der Waals surface area contributed by atoms with Crippen molar-refractivity contribution in [3.05, 3.63) is 51.7 Å². The molecule has 0 fully saturated rings. The maximum Gasteiger partial charge on any atom is 0.258 e. The third kappa shape index (κ3) is 4.10. The van der Waals surface area contributed by atoms with Gasteiger partial charge in [0.1, 0.15) is 5.75 Å². The molecule has 0 saturated heterocycles. The zero-order valence-electron chi connectivity index (χ0n) is 11.1. The summed E-state index contributed by atoms with van der Waals surface area (Å²) in [5.74, 6) is 0.622. The number of ether oxygens (including phenoxy) is 1. The minimum atomic E-state index is -0.102. The molecule has 0 aliphatic rings. The quantitative estimate of drug-likeness (QED) is 0.910. The maximum atomic E-state index is 11.7. The Kier molecular flexibility index (Phi) is 4.58. The van der Waals surface area contributed by atoms with Gasteiger partial charge in [-0.15, -0.1) is 11.3 Å². The van der Waals surface area contributed by atoms with Crippen molar-refractivity contribution in [2.45, 2.75) is 20.4 Å². The van der Waals surface area contributed by atoms with Gasteiger partial charge in [0.15, 0.2) is 6.61 Å². The summed E-state index contributed by atoms with van der Waals surface area (Å²) < 4.78 is 5.44. The van der Waals surface area contributed by atoms with E-state index in [0.29, 0.717) is 6.54 Å². The lowest BCUT2D eigenvalue weighted by Crippen LogP contribution is -2.28. The molecule has 0 radical (unpaired) electrons. The van der Waals surface area contributed by atoms with Crippen LogP contribution in [0, 0.1) is 13.8 Å². The molecule has 4 heteroatoms. The maximum absolute atomic E-state index is 11.7. The average Bonchev–Trinajstić information content (AvgIpc) is 2.80. The van der Waals surface area contributed by atoms with E-state index in [9.17, 15) is 4.79 Å². The molecule has 0 spiro atoms. The van der Waals surface area contributed by atoms with Gasteiger partial charge < -0.3 is 10.1 Å². The largest absolute Gasteiger partial charge is 0.484 e. The topological polar surface area (TPSA) is 38.3 Å². The van der Waals surface area contributed by atoms with Crippen LogP contribution in [0.3, 0.4) is 0 Å². The highest BCUT2D eigenvalue weighted by Crippen LogP contribution is 2.15. The van der Waals surface area contributed by atoms with Crippen molar-refractivity contribution in [1.29, 1.82) is 0 Å². The third-order valence-electron chi connectivity index (χ3n) is 2.77. The number of hydrogen-bond donors (Lipinski definition) is 1. The minimum absolute atomic E-state index is 0.0495. The second-order valence-corrected chi connectivity index (χ2v) is 5.41. The van der Waals surface area contributed by atoms with Crippen molar-refractivity contribution in [3.63, 3.8) is 0 Å². The summed E-state index contributed by atoms with van der Waals surface area (Å²) in [5.41, 5.74) is 2.33. The zero-order valence-corrected chi connectivity index (χ0v) is 11.9. The number of benzene rings is 1. The smallest absolute Gasteiger partial charge is 0.258 e. The Bertz CT molecular complexity index is 563. The molecule has 0 saturated carbocycles. The van der Waals surface area contributed by atoms with E-state index in [4.69, 9.17) is 4.74 Å². The molecule has 3 nitrogen and oxygen atoms in total. The number of aryl methyl sites for hydroxylation is 2. The Balaban J connectivity index is 1.77. The van der Waals surface area contributed by atoms with Crippen LogP contribution in [0.5, 0.6) is 5.75 Å². The van der Waals surface area contributed by atoms with Crippen molar-refractivity contribution in [2.75, 3.05) is 6.61 Å². The van der Waals surface area contributed by atoms with Crippen LogP contribution in [0.15, 0.2) is 35.7 Å². The third-order valence-corrected chi connectivity index (χ3v) is 3.80. The summed E-state index contributed by atoms with van der Waals surface area (Å²) in [6.45, 7) is 4.65. The molecule has 0 aliphatic heterocycles. The Morgan fingerprint density at radius 1 is 1.32 bits per heavy atom. The molecule has 1 aromatic heterocycles. The molecule has 2 rings (SSSR count). The molecule has 0 unspecified atom stereocenters. The Hall–Kier alpha value is -1.81. The lowest BCUT2D eigenvalue weighted by atomic mass is 10.2. The highest BCUT2D eigenvalue weighted by molar-refractivity contribution is 7.10. The van der Waals surface area contributed by atoms with Crippen LogP contribution in [-0.2, 0) is 11.3 Å². The van der Waals surface area contributed by atoms with Crippen molar-refractivity contribution in [2.24, 2.45) is 0 Å². The van der Waals surface area contributed by atoms with Crippen molar-refractivity contribution in [1.82, 2.24) is 5.32 Å². The minimum Gasteiger partial charge on any atom is -0.484 e. The van der Waals surface area contributed by atoms with E-state index in [1.807, 2.05) is 43.5 Å². The van der Waals surface area contributed by atoms with Gasteiger partial charge in [0, 0.05) is 4.88 Å². The lowest BCUT2D eigenvalue weighted by molar-refractivity contribution is -0.123. The number of amides is 1. The first kappa shape index (κ1) is 13.6. The Morgan fingerprint density at radius 2 is 2.16 bits per heavy atom. The summed E-state index contributed by atoms with van der Waals surface area (Å²) >= 11 is 1.65. The van der Waals surface area contributed by atoms with E-state index in [0.717, 1.165) is 11.3 Å². The first-order valence-electron chi connectivity index (χ1n) is 6.14. The highest BCUT2D eigenvalue weighted by Gasteiger charge is 2.05. The fourth-order valence-corrected chi connectivity index (χ4v) is 2.51. The molecule has 19 heavy (non-hydrogen) atoms. The fraction of sp³-hybridized carbons (Fsp3) is 0.267. The fourth-order valence-electron chi connectivity index (χ4n) is 1.67. The van der Waals surface area contributed by atoms with Crippen LogP contribution in [0.1, 0.15) is 16.0 Å². The molecule has 1 amide bonds. The first-order valence-corrected chi connectivity index (χ1v) is 7.02. The van der Waals surface area contributed by atoms with Crippen molar-refractivity contribution in [3.8, 4) is 5.75 Å². The Morgan fingerprint density at radius 3 is 2.84 bits per heavy atom. The normalized spacial score (nSPS) is 10.2. The number of thiophene rings is 1. The number of rotatable bonds is 5. The summed E-state index contributed by atoms with van der Waals surface area (Å²) in [7, 11) is 0. The molecular formula is C15H17NO2S. The molecule has 1 heterocycles. The van der Waals surface area contributed by atoms with Crippen LogP contribution in [0.4, 0.5) is 0 Å². The molecule has 0 aliphatic carbocycles. The molecule has 0 atom stereocenters. The number of carbonyl (C=O) groups is 1. The molecule has 1 aromatic carbocycles. The summed E-state index contributed by atoms with van der Waals surface area (Å²) in [6.07, 6.45) is 0. The average molecular weight is 275 g/mol. The van der Waals surface area contributed by atoms with E-state index in [2.05, 4.69) is 11.4 Å². The van der Waals surface area contributed by atoms with Crippen LogP contribution in [0.2, 0.25) is 0 Å². The molecule has 2 aromatic rings. The van der Waals surface area contributed by atoms with E-state index in [1.165, 1.54) is 10.4 Å². The van der Waals surface area contributed by atoms with Gasteiger partial charge in [-0.05, 0) is 48.6 Å². The van der Waals surface area contributed by atoms with E-state index in [-0.39, 0.29) is 12.5 Å². The number of carbonyl (C=O) groups excluding carboxylic acids is 1. The summed E-state index contributed by atoms with van der Waals surface area (Å²) in [5, 5.41) is 4.89. The monoisotopic (exact) mass is 275 g/mol. The molecule has 1 N–H and O–H groups in total. The summed E-state index contributed by atoms with van der Waals surface area (Å²) in [4.78, 5) is 12.9. The SMILES string of the molecule is Cc1cccc(OCC(=O)NCc2sccc2C)c1. The van der Waals surface area contributed by atoms with Crippen molar-refractivity contribution >= 4 is 17.2 Å². The van der Waals surface area contributed by atoms with E-state index < -0.39 is 0 Å². The molecular weight excluding hydrogens is 258 g/mol. The van der Waals surface area contributed by atoms with Gasteiger partial charge in [0.05, 0.1) is 6.54 Å². The van der Waals surface area contributed by atoms with Gasteiger partial charge in [-0.3, -0.25) is 4.79 Å². The second kappa shape index (κ2) is 6.38. The van der Waals surface area contributed by atoms with Crippen LogP contribution in [-0.4, -0.2) is 12.5 Å². The zero-order chi connectivity index (χ0) is 13.7. The van der Waals surface area contributed by atoms with Crippen molar-refractivity contribution < 1.29 is 9.53 Å². The van der Waals surface area contributed by atoms with Gasteiger partial charge in [0.2, 0.25) is 0 Å². The van der Waals surface area contributed by atoms with Crippen LogP contribution in [0.25, 0.3) is 0 Å². The molecule has 100 valence electrons. The van der Waals surface area contributed by atoms with Gasteiger partial charge in [0.25, 0.3) is 5.91 Å². The van der Waals surface area contributed by atoms with Crippen LogP contribution < -0.4 is 10.1 Å². The first-order chi connectivity index (χ1) is 9.15. The van der Waals surface area contributed by atoms with Gasteiger partial charge in [-0.25, -0.2) is 0 Å². The predicted octanol–water partition coefficient (Wildman–Crippen LogP) is 3.06. The Labute approximate surface area is 117 Å². The van der Waals surface area contributed by atoms with E-state index >= 15 is 0 Å².